The number of amides is 1. The molecule has 0 saturated heterocycles. The normalized spacial score (nSPS) is 15.8. The molecule has 1 atom stereocenters. The van der Waals surface area contributed by atoms with Crippen molar-refractivity contribution in [1.29, 1.82) is 0 Å². The minimum Gasteiger partial charge on any atom is -0.349 e. The van der Waals surface area contributed by atoms with Gasteiger partial charge in [-0.05, 0) is 57.0 Å². The molecule has 0 aliphatic heterocycles. The Morgan fingerprint density at radius 1 is 1.32 bits per heavy atom. The molecule has 3 N–H and O–H groups in total. The first-order valence-electron chi connectivity index (χ1n) is 8.27. The molecule has 8 heteroatoms. The van der Waals surface area contributed by atoms with Crippen molar-refractivity contribution in [3.8, 4) is 0 Å². The van der Waals surface area contributed by atoms with Gasteiger partial charge in [0.2, 0.25) is 10.0 Å². The molecule has 1 aromatic carbocycles. The number of aromatic amines is 1. The smallest absolute Gasteiger partial charge is 0.251 e. The van der Waals surface area contributed by atoms with E-state index >= 15 is 0 Å². The second-order valence-corrected chi connectivity index (χ2v) is 8.25. The first-order valence-corrected chi connectivity index (χ1v) is 9.76. The molecule has 0 spiro atoms. The van der Waals surface area contributed by atoms with Crippen molar-refractivity contribution in [2.45, 2.75) is 50.1 Å². The Hall–Kier alpha value is -2.19. The summed E-state index contributed by atoms with van der Waals surface area (Å²) in [7, 11) is -3.65. The molecule has 1 heterocycles. The first kappa shape index (κ1) is 17.6. The number of H-pyrrole nitrogens is 1. The maximum absolute atomic E-state index is 12.5. The molecule has 134 valence electrons. The third-order valence-electron chi connectivity index (χ3n) is 3.97. The van der Waals surface area contributed by atoms with Gasteiger partial charge in [0, 0.05) is 29.8 Å². The van der Waals surface area contributed by atoms with Crippen LogP contribution in [-0.4, -0.2) is 36.6 Å². The van der Waals surface area contributed by atoms with Gasteiger partial charge in [-0.2, -0.15) is 5.10 Å². The van der Waals surface area contributed by atoms with Crippen molar-refractivity contribution < 1.29 is 13.2 Å². The van der Waals surface area contributed by atoms with E-state index in [1.165, 1.54) is 24.3 Å². The number of aryl methyl sites for hydroxylation is 1. The largest absolute Gasteiger partial charge is 0.349 e. The van der Waals surface area contributed by atoms with Crippen molar-refractivity contribution in [3.63, 3.8) is 0 Å². The van der Waals surface area contributed by atoms with Gasteiger partial charge in [-0.15, -0.1) is 0 Å². The highest BCUT2D eigenvalue weighted by Crippen LogP contribution is 2.19. The van der Waals surface area contributed by atoms with Gasteiger partial charge >= 0.3 is 0 Å². The van der Waals surface area contributed by atoms with Gasteiger partial charge in [0.25, 0.3) is 5.91 Å². The predicted octanol–water partition coefficient (Wildman–Crippen LogP) is 1.52. The predicted molar refractivity (Wildman–Crippen MR) is 93.7 cm³/mol. The van der Waals surface area contributed by atoms with E-state index in [9.17, 15) is 13.2 Å². The van der Waals surface area contributed by atoms with Crippen molar-refractivity contribution in [2.24, 2.45) is 0 Å². The molecule has 0 unspecified atom stereocenters. The fourth-order valence-electron chi connectivity index (χ4n) is 2.55. The van der Waals surface area contributed by atoms with Crippen LogP contribution in [0.25, 0.3) is 0 Å². The zero-order chi connectivity index (χ0) is 18.0. The number of rotatable bonds is 7. The summed E-state index contributed by atoms with van der Waals surface area (Å²) in [6.07, 6.45) is 2.51. The maximum Gasteiger partial charge on any atom is 0.251 e. The van der Waals surface area contributed by atoms with Crippen LogP contribution in [0.1, 0.15) is 41.5 Å². The van der Waals surface area contributed by atoms with Crippen LogP contribution in [0.15, 0.2) is 35.2 Å². The van der Waals surface area contributed by atoms with E-state index in [-0.39, 0.29) is 22.9 Å². The number of hydrogen-bond donors (Lipinski definition) is 3. The number of nitrogens with zero attached hydrogens (tertiary/aromatic N) is 1. The SMILES string of the molecule is Cc1cc(C[C@H](C)NS(=O)(=O)c2ccc(C(=O)NC3CC3)cc2)n[nH]1. The van der Waals surface area contributed by atoms with Gasteiger partial charge in [0.1, 0.15) is 0 Å². The van der Waals surface area contributed by atoms with Gasteiger partial charge in [0.15, 0.2) is 0 Å². The number of carbonyl (C=O) groups is 1. The number of carbonyl (C=O) groups excluding carboxylic acids is 1. The lowest BCUT2D eigenvalue weighted by molar-refractivity contribution is 0.0951. The van der Waals surface area contributed by atoms with Crippen LogP contribution in [0.4, 0.5) is 0 Å². The van der Waals surface area contributed by atoms with Crippen molar-refractivity contribution >= 4 is 15.9 Å². The molecule has 3 rings (SSSR count). The molecular formula is C17H22N4O3S. The number of nitrogens with one attached hydrogen (secondary N) is 3. The Morgan fingerprint density at radius 2 is 2.00 bits per heavy atom. The lowest BCUT2D eigenvalue weighted by Crippen LogP contribution is -2.34. The third-order valence-corrected chi connectivity index (χ3v) is 5.58. The highest BCUT2D eigenvalue weighted by molar-refractivity contribution is 7.89. The minimum absolute atomic E-state index is 0.139. The van der Waals surface area contributed by atoms with Gasteiger partial charge < -0.3 is 5.32 Å². The summed E-state index contributed by atoms with van der Waals surface area (Å²) in [6, 6.07) is 7.83. The highest BCUT2D eigenvalue weighted by atomic mass is 32.2. The summed E-state index contributed by atoms with van der Waals surface area (Å²) in [5, 5.41) is 9.83. The number of sulfonamides is 1. The molecule has 1 aromatic heterocycles. The summed E-state index contributed by atoms with van der Waals surface area (Å²) in [5.74, 6) is -0.165. The summed E-state index contributed by atoms with van der Waals surface area (Å²) in [6.45, 7) is 3.69. The van der Waals surface area contributed by atoms with Crippen molar-refractivity contribution in [1.82, 2.24) is 20.2 Å². The highest BCUT2D eigenvalue weighted by Gasteiger charge is 2.24. The fraction of sp³-hybridized carbons (Fsp3) is 0.412. The van der Waals surface area contributed by atoms with E-state index in [0.29, 0.717) is 12.0 Å². The Balaban J connectivity index is 1.63. The molecular weight excluding hydrogens is 340 g/mol. The Kier molecular flexibility index (Phi) is 4.91. The van der Waals surface area contributed by atoms with E-state index in [2.05, 4.69) is 20.2 Å². The Bertz CT molecular complexity index is 854. The second-order valence-electron chi connectivity index (χ2n) is 6.54. The van der Waals surface area contributed by atoms with E-state index in [4.69, 9.17) is 0 Å². The average Bonchev–Trinajstić information content (AvgIpc) is 3.27. The minimum atomic E-state index is -3.65. The lowest BCUT2D eigenvalue weighted by atomic mass is 10.2. The molecule has 1 amide bonds. The molecule has 25 heavy (non-hydrogen) atoms. The zero-order valence-electron chi connectivity index (χ0n) is 14.2. The zero-order valence-corrected chi connectivity index (χ0v) is 15.1. The third kappa shape index (κ3) is 4.67. The van der Waals surface area contributed by atoms with Crippen molar-refractivity contribution in [2.75, 3.05) is 0 Å². The molecule has 1 saturated carbocycles. The second kappa shape index (κ2) is 6.97. The summed E-state index contributed by atoms with van der Waals surface area (Å²) in [4.78, 5) is 12.1. The summed E-state index contributed by atoms with van der Waals surface area (Å²) in [5.41, 5.74) is 2.20. The van der Waals surface area contributed by atoms with Gasteiger partial charge in [-0.25, -0.2) is 13.1 Å². The van der Waals surface area contributed by atoms with Crippen LogP contribution in [0.3, 0.4) is 0 Å². The molecule has 7 nitrogen and oxygen atoms in total. The number of benzene rings is 1. The van der Waals surface area contributed by atoms with Crippen LogP contribution >= 0.6 is 0 Å². The van der Waals surface area contributed by atoms with Gasteiger partial charge in [-0.1, -0.05) is 0 Å². The Labute approximate surface area is 147 Å². The molecule has 1 aliphatic carbocycles. The molecule has 1 fully saturated rings. The van der Waals surface area contributed by atoms with E-state index in [1.807, 2.05) is 13.0 Å². The molecule has 1 aliphatic rings. The van der Waals surface area contributed by atoms with E-state index in [1.54, 1.807) is 6.92 Å². The topological polar surface area (TPSA) is 104 Å². The quantitative estimate of drug-likeness (QED) is 0.694. The maximum atomic E-state index is 12.5. The lowest BCUT2D eigenvalue weighted by Gasteiger charge is -2.13. The van der Waals surface area contributed by atoms with E-state index < -0.39 is 10.0 Å². The standard InChI is InChI=1S/C17H22N4O3S/c1-11-9-15(20-19-11)10-12(2)21-25(23,24)16-7-3-13(4-8-16)17(22)18-14-5-6-14/h3-4,7-9,12,14,21H,5-6,10H2,1-2H3,(H,18,22)(H,19,20)/t12-/m0/s1. The Morgan fingerprint density at radius 3 is 2.56 bits per heavy atom. The molecule has 0 bridgehead atoms. The van der Waals surface area contributed by atoms with Gasteiger partial charge in [0.05, 0.1) is 10.6 Å². The summed E-state index contributed by atoms with van der Waals surface area (Å²) >= 11 is 0. The van der Waals surface area contributed by atoms with Crippen molar-refractivity contribution in [3.05, 3.63) is 47.3 Å². The first-order chi connectivity index (χ1) is 11.8. The number of hydrogen-bond acceptors (Lipinski definition) is 4. The van der Waals surface area contributed by atoms with Crippen LogP contribution in [-0.2, 0) is 16.4 Å². The van der Waals surface area contributed by atoms with Crippen LogP contribution in [0.2, 0.25) is 0 Å². The van der Waals surface area contributed by atoms with Crippen LogP contribution in [0.5, 0.6) is 0 Å². The van der Waals surface area contributed by atoms with Crippen LogP contribution < -0.4 is 10.0 Å². The fourth-order valence-corrected chi connectivity index (χ4v) is 3.79. The molecule has 2 aromatic rings. The van der Waals surface area contributed by atoms with E-state index in [0.717, 1.165) is 24.2 Å². The monoisotopic (exact) mass is 362 g/mol. The number of aromatic nitrogens is 2. The molecule has 0 radical (unpaired) electrons. The van der Waals surface area contributed by atoms with Crippen LogP contribution in [0, 0.1) is 6.92 Å². The summed E-state index contributed by atoms with van der Waals surface area (Å²) < 4.78 is 27.6. The average molecular weight is 362 g/mol. The van der Waals surface area contributed by atoms with Gasteiger partial charge in [-0.3, -0.25) is 9.89 Å².